The molecule has 0 bridgehead atoms. The van der Waals surface area contributed by atoms with E-state index in [-0.39, 0.29) is 6.10 Å². The first-order valence-electron chi connectivity index (χ1n) is 5.99. The maximum atomic E-state index is 5.84. The monoisotopic (exact) mass is 238 g/mol. The van der Waals surface area contributed by atoms with E-state index in [2.05, 4.69) is 9.97 Å². The highest BCUT2D eigenvalue weighted by molar-refractivity contribution is 5.74. The number of aromatic nitrogens is 2. The lowest BCUT2D eigenvalue weighted by molar-refractivity contribution is 0.218. The van der Waals surface area contributed by atoms with Gasteiger partial charge >= 0.3 is 0 Å². The molecule has 1 N–H and O–H groups in total. The van der Waals surface area contributed by atoms with E-state index < -0.39 is 0 Å². The number of fused-ring (bicyclic) bond motifs is 1. The lowest BCUT2D eigenvalue weighted by Crippen LogP contribution is -2.04. The van der Waals surface area contributed by atoms with Crippen molar-refractivity contribution in [3.63, 3.8) is 0 Å². The van der Waals surface area contributed by atoms with Crippen LogP contribution in [-0.2, 0) is 0 Å². The minimum atomic E-state index is -0.0974. The molecular weight excluding hydrogens is 224 g/mol. The topological polar surface area (TPSA) is 37.9 Å². The average molecular weight is 238 g/mol. The summed E-state index contributed by atoms with van der Waals surface area (Å²) in [4.78, 5) is 7.81. The molecule has 0 saturated heterocycles. The number of imidazole rings is 1. The highest BCUT2D eigenvalue weighted by Gasteiger charge is 2.11. The summed E-state index contributed by atoms with van der Waals surface area (Å²) in [5.74, 6) is 1.70. The zero-order chi connectivity index (χ0) is 12.4. The van der Waals surface area contributed by atoms with Gasteiger partial charge in [0.25, 0.3) is 0 Å². The molecule has 3 rings (SSSR count). The Morgan fingerprint density at radius 3 is 2.50 bits per heavy atom. The first-order valence-corrected chi connectivity index (χ1v) is 5.99. The molecule has 1 aromatic heterocycles. The average Bonchev–Trinajstić information content (AvgIpc) is 2.84. The SMILES string of the molecule is C[C@@H](Oc1ccccc1)c1nc2ccccc2[nH]1. The second-order valence-electron chi connectivity index (χ2n) is 4.21. The van der Waals surface area contributed by atoms with Gasteiger partial charge in [-0.25, -0.2) is 4.98 Å². The minimum Gasteiger partial charge on any atom is -0.483 e. The first-order chi connectivity index (χ1) is 8.83. The molecule has 1 atom stereocenters. The van der Waals surface area contributed by atoms with Crippen molar-refractivity contribution >= 4 is 11.0 Å². The summed E-state index contributed by atoms with van der Waals surface area (Å²) in [6.45, 7) is 1.99. The molecule has 90 valence electrons. The van der Waals surface area contributed by atoms with Gasteiger partial charge < -0.3 is 9.72 Å². The third kappa shape index (κ3) is 2.07. The van der Waals surface area contributed by atoms with Gasteiger partial charge in [0.15, 0.2) is 6.10 Å². The van der Waals surface area contributed by atoms with Gasteiger partial charge in [-0.05, 0) is 31.2 Å². The predicted molar refractivity (Wildman–Crippen MR) is 71.6 cm³/mol. The number of H-pyrrole nitrogens is 1. The number of benzene rings is 2. The van der Waals surface area contributed by atoms with E-state index in [0.29, 0.717) is 0 Å². The van der Waals surface area contributed by atoms with Crippen LogP contribution in [0, 0.1) is 0 Å². The molecule has 0 aliphatic heterocycles. The van der Waals surface area contributed by atoms with E-state index in [1.165, 1.54) is 0 Å². The number of rotatable bonds is 3. The van der Waals surface area contributed by atoms with Crippen LogP contribution in [0.15, 0.2) is 54.6 Å². The zero-order valence-corrected chi connectivity index (χ0v) is 10.1. The lowest BCUT2D eigenvalue weighted by atomic mass is 10.3. The largest absolute Gasteiger partial charge is 0.483 e. The van der Waals surface area contributed by atoms with Crippen LogP contribution in [0.3, 0.4) is 0 Å². The third-order valence-electron chi connectivity index (χ3n) is 2.85. The van der Waals surface area contributed by atoms with Crippen molar-refractivity contribution in [3.05, 3.63) is 60.4 Å². The Kier molecular flexibility index (Phi) is 2.73. The second-order valence-corrected chi connectivity index (χ2v) is 4.21. The maximum Gasteiger partial charge on any atom is 0.153 e. The molecule has 1 heterocycles. The normalized spacial score (nSPS) is 12.5. The van der Waals surface area contributed by atoms with E-state index in [4.69, 9.17) is 4.74 Å². The number of nitrogens with zero attached hydrogens (tertiary/aromatic N) is 1. The third-order valence-corrected chi connectivity index (χ3v) is 2.85. The fourth-order valence-corrected chi connectivity index (χ4v) is 1.92. The first kappa shape index (κ1) is 10.8. The fraction of sp³-hybridized carbons (Fsp3) is 0.133. The molecule has 0 saturated carbocycles. The molecule has 0 fully saturated rings. The van der Waals surface area contributed by atoms with Crippen molar-refractivity contribution in [2.24, 2.45) is 0 Å². The Morgan fingerprint density at radius 2 is 1.72 bits per heavy atom. The molecule has 3 nitrogen and oxygen atoms in total. The Labute approximate surface area is 105 Å². The van der Waals surface area contributed by atoms with Crippen LogP contribution in [0.4, 0.5) is 0 Å². The smallest absolute Gasteiger partial charge is 0.153 e. The molecule has 0 radical (unpaired) electrons. The van der Waals surface area contributed by atoms with Crippen molar-refractivity contribution in [2.45, 2.75) is 13.0 Å². The van der Waals surface area contributed by atoms with Crippen molar-refractivity contribution in [2.75, 3.05) is 0 Å². The van der Waals surface area contributed by atoms with E-state index in [1.54, 1.807) is 0 Å². The maximum absolute atomic E-state index is 5.84. The van der Waals surface area contributed by atoms with Gasteiger partial charge in [-0.2, -0.15) is 0 Å². The highest BCUT2D eigenvalue weighted by Crippen LogP contribution is 2.21. The standard InChI is InChI=1S/C15H14N2O/c1-11(18-12-7-3-2-4-8-12)15-16-13-9-5-6-10-14(13)17-15/h2-11H,1H3,(H,16,17)/t11-/m1/s1. The Morgan fingerprint density at radius 1 is 1.00 bits per heavy atom. The van der Waals surface area contributed by atoms with Crippen LogP contribution in [0.5, 0.6) is 5.75 Å². The summed E-state index contributed by atoms with van der Waals surface area (Å²) in [6, 6.07) is 17.8. The number of para-hydroxylation sites is 3. The summed E-state index contributed by atoms with van der Waals surface area (Å²) >= 11 is 0. The summed E-state index contributed by atoms with van der Waals surface area (Å²) in [6.07, 6.45) is -0.0974. The van der Waals surface area contributed by atoms with Crippen LogP contribution in [0.25, 0.3) is 11.0 Å². The van der Waals surface area contributed by atoms with Crippen molar-refractivity contribution in [1.29, 1.82) is 0 Å². The fourth-order valence-electron chi connectivity index (χ4n) is 1.92. The molecular formula is C15H14N2O. The molecule has 0 aliphatic rings. The highest BCUT2D eigenvalue weighted by atomic mass is 16.5. The summed E-state index contributed by atoms with van der Waals surface area (Å²) < 4.78 is 5.84. The molecule has 2 aromatic carbocycles. The summed E-state index contributed by atoms with van der Waals surface area (Å²) in [5.41, 5.74) is 2.01. The van der Waals surface area contributed by atoms with E-state index in [1.807, 2.05) is 61.5 Å². The quantitative estimate of drug-likeness (QED) is 0.755. The molecule has 3 heteroatoms. The number of hydrogen-bond acceptors (Lipinski definition) is 2. The van der Waals surface area contributed by atoms with Crippen LogP contribution in [-0.4, -0.2) is 9.97 Å². The number of aromatic amines is 1. The molecule has 3 aromatic rings. The van der Waals surface area contributed by atoms with Gasteiger partial charge in [0.2, 0.25) is 0 Å². The van der Waals surface area contributed by atoms with E-state index in [0.717, 1.165) is 22.6 Å². The van der Waals surface area contributed by atoms with E-state index in [9.17, 15) is 0 Å². The zero-order valence-electron chi connectivity index (χ0n) is 10.1. The number of ether oxygens (including phenoxy) is 1. The van der Waals surface area contributed by atoms with Crippen LogP contribution < -0.4 is 4.74 Å². The van der Waals surface area contributed by atoms with Crippen molar-refractivity contribution < 1.29 is 4.74 Å². The predicted octanol–water partition coefficient (Wildman–Crippen LogP) is 3.70. The molecule has 0 amide bonds. The van der Waals surface area contributed by atoms with Gasteiger partial charge in [-0.1, -0.05) is 30.3 Å². The summed E-state index contributed by atoms with van der Waals surface area (Å²) in [5, 5.41) is 0. The van der Waals surface area contributed by atoms with Gasteiger partial charge in [-0.15, -0.1) is 0 Å². The van der Waals surface area contributed by atoms with Gasteiger partial charge in [-0.3, -0.25) is 0 Å². The Hall–Kier alpha value is -2.29. The Bertz CT molecular complexity index is 613. The molecule has 18 heavy (non-hydrogen) atoms. The number of hydrogen-bond donors (Lipinski definition) is 1. The van der Waals surface area contributed by atoms with Gasteiger partial charge in [0.05, 0.1) is 11.0 Å². The van der Waals surface area contributed by atoms with Crippen LogP contribution in [0.2, 0.25) is 0 Å². The number of nitrogens with one attached hydrogen (secondary N) is 1. The second kappa shape index (κ2) is 4.53. The van der Waals surface area contributed by atoms with E-state index >= 15 is 0 Å². The summed E-state index contributed by atoms with van der Waals surface area (Å²) in [7, 11) is 0. The lowest BCUT2D eigenvalue weighted by Gasteiger charge is -2.11. The molecule has 0 spiro atoms. The van der Waals surface area contributed by atoms with Crippen LogP contribution in [0.1, 0.15) is 18.9 Å². The van der Waals surface area contributed by atoms with Gasteiger partial charge in [0, 0.05) is 0 Å². The van der Waals surface area contributed by atoms with Crippen LogP contribution >= 0.6 is 0 Å². The van der Waals surface area contributed by atoms with Crippen molar-refractivity contribution in [1.82, 2.24) is 9.97 Å². The Balaban J connectivity index is 1.86. The van der Waals surface area contributed by atoms with Gasteiger partial charge in [0.1, 0.15) is 11.6 Å². The van der Waals surface area contributed by atoms with Crippen molar-refractivity contribution in [3.8, 4) is 5.75 Å². The minimum absolute atomic E-state index is 0.0974. The molecule has 0 unspecified atom stereocenters. The molecule has 0 aliphatic carbocycles.